The number of fused-ring (bicyclic) bond motifs is 1. The molecule has 1 saturated heterocycles. The second-order valence-corrected chi connectivity index (χ2v) is 6.40. The van der Waals surface area contributed by atoms with Crippen molar-refractivity contribution in [3.63, 3.8) is 0 Å². The average Bonchev–Trinajstić information content (AvgIpc) is 3.10. The lowest BCUT2D eigenvalue weighted by molar-refractivity contribution is -0.121. The van der Waals surface area contributed by atoms with Crippen molar-refractivity contribution in [2.24, 2.45) is 0 Å². The summed E-state index contributed by atoms with van der Waals surface area (Å²) in [6.07, 6.45) is 3.57. The zero-order valence-corrected chi connectivity index (χ0v) is 14.0. The zero-order valence-electron chi connectivity index (χ0n) is 14.0. The molecule has 6 heteroatoms. The molecule has 1 amide bonds. The van der Waals surface area contributed by atoms with Crippen molar-refractivity contribution in [3.8, 4) is 0 Å². The minimum Gasteiger partial charge on any atom is -0.352 e. The maximum absolute atomic E-state index is 12.4. The van der Waals surface area contributed by atoms with Gasteiger partial charge in [-0.25, -0.2) is 5.10 Å². The number of carbonyl (C=O) groups excluding carboxylic acids is 1. The smallest absolute Gasteiger partial charge is 0.272 e. The molecule has 0 unspecified atom stereocenters. The van der Waals surface area contributed by atoms with Gasteiger partial charge in [-0.15, -0.1) is 0 Å². The normalized spacial score (nSPS) is 16.4. The largest absolute Gasteiger partial charge is 0.352 e. The molecule has 1 aromatic heterocycles. The quantitative estimate of drug-likeness (QED) is 0.841. The van der Waals surface area contributed by atoms with E-state index in [0.29, 0.717) is 11.1 Å². The number of aromatic nitrogens is 2. The number of aromatic amines is 1. The van der Waals surface area contributed by atoms with Gasteiger partial charge in [-0.05, 0) is 38.4 Å². The predicted molar refractivity (Wildman–Crippen MR) is 94.0 cm³/mol. The molecule has 0 aliphatic carbocycles. The van der Waals surface area contributed by atoms with Gasteiger partial charge < -0.3 is 10.2 Å². The number of hydrogen-bond acceptors (Lipinski definition) is 4. The Kier molecular flexibility index (Phi) is 5.25. The van der Waals surface area contributed by atoms with E-state index in [1.54, 1.807) is 6.07 Å². The summed E-state index contributed by atoms with van der Waals surface area (Å²) < 4.78 is 0. The highest BCUT2D eigenvalue weighted by Gasteiger charge is 2.19. The number of benzene rings is 1. The maximum atomic E-state index is 12.4. The van der Waals surface area contributed by atoms with Crippen molar-refractivity contribution in [1.82, 2.24) is 20.4 Å². The Morgan fingerprint density at radius 2 is 2.00 bits per heavy atom. The summed E-state index contributed by atoms with van der Waals surface area (Å²) in [4.78, 5) is 26.6. The summed E-state index contributed by atoms with van der Waals surface area (Å²) in [5.41, 5.74) is 0.383. The highest BCUT2D eigenvalue weighted by molar-refractivity contribution is 5.88. The molecule has 6 nitrogen and oxygen atoms in total. The Balaban J connectivity index is 1.68. The van der Waals surface area contributed by atoms with Gasteiger partial charge >= 0.3 is 0 Å². The fraction of sp³-hybridized carbons (Fsp3) is 0.500. The van der Waals surface area contributed by atoms with Gasteiger partial charge in [0.05, 0.1) is 17.5 Å². The van der Waals surface area contributed by atoms with Crippen molar-refractivity contribution in [3.05, 3.63) is 40.3 Å². The Labute approximate surface area is 141 Å². The molecule has 128 valence electrons. The Morgan fingerprint density at radius 3 is 2.71 bits per heavy atom. The summed E-state index contributed by atoms with van der Waals surface area (Å²) in [5, 5.41) is 11.0. The van der Waals surface area contributed by atoms with Crippen LogP contribution in [0, 0.1) is 0 Å². The second-order valence-electron chi connectivity index (χ2n) is 6.40. The number of rotatable bonds is 6. The molecule has 0 radical (unpaired) electrons. The van der Waals surface area contributed by atoms with Gasteiger partial charge in [0.25, 0.3) is 5.56 Å². The van der Waals surface area contributed by atoms with Crippen LogP contribution in [0.3, 0.4) is 0 Å². The van der Waals surface area contributed by atoms with E-state index in [9.17, 15) is 9.59 Å². The van der Waals surface area contributed by atoms with Crippen LogP contribution in [0.25, 0.3) is 10.8 Å². The fourth-order valence-corrected chi connectivity index (χ4v) is 3.29. The topological polar surface area (TPSA) is 78.1 Å². The molecule has 0 bridgehead atoms. The van der Waals surface area contributed by atoms with E-state index in [2.05, 4.69) is 27.3 Å². The first-order chi connectivity index (χ1) is 11.7. The molecule has 3 rings (SSSR count). The molecule has 24 heavy (non-hydrogen) atoms. The van der Waals surface area contributed by atoms with Crippen LogP contribution in [0.1, 0.15) is 31.9 Å². The van der Waals surface area contributed by atoms with Gasteiger partial charge in [0, 0.05) is 18.0 Å². The van der Waals surface area contributed by atoms with Crippen molar-refractivity contribution in [1.29, 1.82) is 0 Å². The molecule has 1 atom stereocenters. The molecule has 1 fully saturated rings. The maximum Gasteiger partial charge on any atom is 0.272 e. The Bertz CT molecular complexity index is 765. The minimum atomic E-state index is -0.227. The highest BCUT2D eigenvalue weighted by atomic mass is 16.1. The fourth-order valence-electron chi connectivity index (χ4n) is 3.29. The second kappa shape index (κ2) is 7.57. The summed E-state index contributed by atoms with van der Waals surface area (Å²) in [6, 6.07) is 7.41. The summed E-state index contributed by atoms with van der Waals surface area (Å²) in [5.74, 6) is -0.0502. The molecule has 0 saturated carbocycles. The summed E-state index contributed by atoms with van der Waals surface area (Å²) in [6.45, 7) is 5.24. The third kappa shape index (κ3) is 3.82. The van der Waals surface area contributed by atoms with Crippen LogP contribution in [0.4, 0.5) is 0 Å². The van der Waals surface area contributed by atoms with Crippen LogP contribution in [-0.4, -0.2) is 46.7 Å². The van der Waals surface area contributed by atoms with Gasteiger partial charge in [0.15, 0.2) is 0 Å². The number of likely N-dealkylation sites (tertiary alicyclic amines) is 1. The number of hydrogen-bond donors (Lipinski definition) is 2. The molecule has 2 aromatic rings. The van der Waals surface area contributed by atoms with Gasteiger partial charge in [0.2, 0.25) is 5.91 Å². The van der Waals surface area contributed by atoms with Crippen molar-refractivity contribution in [2.45, 2.75) is 38.6 Å². The third-order valence-corrected chi connectivity index (χ3v) is 4.64. The van der Waals surface area contributed by atoms with E-state index >= 15 is 0 Å². The first kappa shape index (κ1) is 16.6. The molecule has 2 heterocycles. The molecule has 1 aliphatic rings. The lowest BCUT2D eigenvalue weighted by atomic mass is 10.1. The lowest BCUT2D eigenvalue weighted by Gasteiger charge is -2.23. The molecular weight excluding hydrogens is 304 g/mol. The van der Waals surface area contributed by atoms with E-state index in [4.69, 9.17) is 0 Å². The number of nitrogens with zero attached hydrogens (tertiary/aromatic N) is 2. The number of amides is 1. The van der Waals surface area contributed by atoms with Crippen LogP contribution < -0.4 is 10.9 Å². The summed E-state index contributed by atoms with van der Waals surface area (Å²) >= 11 is 0. The van der Waals surface area contributed by atoms with Crippen LogP contribution >= 0.6 is 0 Å². The van der Waals surface area contributed by atoms with Crippen LogP contribution in [-0.2, 0) is 11.2 Å². The predicted octanol–water partition coefficient (Wildman–Crippen LogP) is 1.46. The monoisotopic (exact) mass is 328 g/mol. The van der Waals surface area contributed by atoms with E-state index in [-0.39, 0.29) is 23.9 Å². The number of nitrogens with one attached hydrogen (secondary N) is 2. The van der Waals surface area contributed by atoms with Crippen molar-refractivity contribution in [2.75, 3.05) is 19.6 Å². The van der Waals surface area contributed by atoms with Crippen LogP contribution in [0.15, 0.2) is 29.1 Å². The number of H-pyrrole nitrogens is 1. The first-order valence-corrected chi connectivity index (χ1v) is 8.65. The van der Waals surface area contributed by atoms with Gasteiger partial charge in [-0.1, -0.05) is 25.1 Å². The van der Waals surface area contributed by atoms with E-state index in [0.717, 1.165) is 31.4 Å². The van der Waals surface area contributed by atoms with Gasteiger partial charge in [-0.2, -0.15) is 5.10 Å². The van der Waals surface area contributed by atoms with E-state index in [1.165, 1.54) is 12.8 Å². The van der Waals surface area contributed by atoms with Crippen LogP contribution in [0.5, 0.6) is 0 Å². The standard InChI is InChI=1S/C18H24N4O2/c1-2-13(12-22-9-5-6-10-22)19-17(23)11-16-14-7-3-4-8-15(14)18(24)21-20-16/h3-4,7-8,13H,2,5-6,9-12H2,1H3,(H,19,23)(H,21,24)/t13-/m0/s1. The minimum absolute atomic E-state index is 0.0502. The molecular formula is C18H24N4O2. The summed E-state index contributed by atoms with van der Waals surface area (Å²) in [7, 11) is 0. The molecule has 2 N–H and O–H groups in total. The molecule has 1 aromatic carbocycles. The van der Waals surface area contributed by atoms with Crippen LogP contribution in [0.2, 0.25) is 0 Å². The van der Waals surface area contributed by atoms with E-state index < -0.39 is 0 Å². The molecule has 0 spiro atoms. The first-order valence-electron chi connectivity index (χ1n) is 8.65. The zero-order chi connectivity index (χ0) is 16.9. The number of carbonyl (C=O) groups is 1. The van der Waals surface area contributed by atoms with Crippen molar-refractivity contribution >= 4 is 16.7 Å². The lowest BCUT2D eigenvalue weighted by Crippen LogP contribution is -2.43. The van der Waals surface area contributed by atoms with Gasteiger partial charge in [-0.3, -0.25) is 9.59 Å². The Morgan fingerprint density at radius 1 is 1.29 bits per heavy atom. The van der Waals surface area contributed by atoms with E-state index in [1.807, 2.05) is 18.2 Å². The third-order valence-electron chi connectivity index (χ3n) is 4.64. The van der Waals surface area contributed by atoms with Crippen molar-refractivity contribution < 1.29 is 4.79 Å². The average molecular weight is 328 g/mol. The highest BCUT2D eigenvalue weighted by Crippen LogP contribution is 2.13. The SMILES string of the molecule is CC[C@@H](CN1CCCC1)NC(=O)Cc1n[nH]c(=O)c2ccccc12. The van der Waals surface area contributed by atoms with Gasteiger partial charge in [0.1, 0.15) is 0 Å². The molecule has 1 aliphatic heterocycles. The Hall–Kier alpha value is -2.21.